The first-order valence-electron chi connectivity index (χ1n) is 9.41. The second-order valence-corrected chi connectivity index (χ2v) is 7.18. The minimum absolute atomic E-state index is 0.250. The first-order valence-corrected chi connectivity index (χ1v) is 9.41. The van der Waals surface area contributed by atoms with Crippen LogP contribution in [0.3, 0.4) is 0 Å². The van der Waals surface area contributed by atoms with Crippen LogP contribution in [0.5, 0.6) is 0 Å². The summed E-state index contributed by atoms with van der Waals surface area (Å²) < 4.78 is 2.17. The van der Waals surface area contributed by atoms with E-state index in [0.717, 1.165) is 35.9 Å². The Labute approximate surface area is 163 Å². The van der Waals surface area contributed by atoms with Crippen molar-refractivity contribution in [3.63, 3.8) is 0 Å². The highest BCUT2D eigenvalue weighted by atomic mass is 16.6. The zero-order valence-corrected chi connectivity index (χ0v) is 15.9. The number of fused-ring (bicyclic) bond motifs is 1. The van der Waals surface area contributed by atoms with Crippen LogP contribution in [0.2, 0.25) is 0 Å². The van der Waals surface area contributed by atoms with Crippen molar-refractivity contribution in [2.45, 2.75) is 38.6 Å². The molecule has 2 aromatic carbocycles. The molecule has 28 heavy (non-hydrogen) atoms. The maximum atomic E-state index is 11.1. The van der Waals surface area contributed by atoms with Gasteiger partial charge in [-0.15, -0.1) is 0 Å². The van der Waals surface area contributed by atoms with Gasteiger partial charge in [0.2, 0.25) is 6.54 Å². The molecule has 146 valence electrons. The van der Waals surface area contributed by atoms with Crippen molar-refractivity contribution >= 4 is 16.9 Å². The minimum atomic E-state index is -1.03. The second kappa shape index (κ2) is 8.69. The highest BCUT2D eigenvalue weighted by Gasteiger charge is 2.22. The molecule has 1 aromatic heterocycles. The average molecular weight is 380 g/mol. The summed E-state index contributed by atoms with van der Waals surface area (Å²) in [6, 6.07) is 16.0. The van der Waals surface area contributed by atoms with Crippen molar-refractivity contribution < 1.29 is 14.8 Å². The number of rotatable bonds is 9. The van der Waals surface area contributed by atoms with Gasteiger partial charge in [-0.25, -0.2) is 0 Å². The van der Waals surface area contributed by atoms with Crippen molar-refractivity contribution in [2.75, 3.05) is 6.54 Å². The second-order valence-electron chi connectivity index (χ2n) is 7.18. The van der Waals surface area contributed by atoms with Gasteiger partial charge in [-0.1, -0.05) is 42.5 Å². The van der Waals surface area contributed by atoms with E-state index in [1.807, 2.05) is 43.3 Å². The van der Waals surface area contributed by atoms with Crippen molar-refractivity contribution in [3.8, 4) is 0 Å². The summed E-state index contributed by atoms with van der Waals surface area (Å²) in [5.41, 5.74) is 4.14. The predicted octanol–water partition coefficient (Wildman–Crippen LogP) is 4.42. The summed E-state index contributed by atoms with van der Waals surface area (Å²) in [6.07, 6.45) is 3.80. The van der Waals surface area contributed by atoms with Gasteiger partial charge in [0, 0.05) is 28.6 Å². The Bertz CT molecular complexity index is 963. The Morgan fingerprint density at radius 2 is 1.96 bits per heavy atom. The molecule has 3 rings (SSSR count). The Kier molecular flexibility index (Phi) is 6.09. The van der Waals surface area contributed by atoms with Crippen molar-refractivity contribution in [1.29, 1.82) is 0 Å². The normalized spacial score (nSPS) is 12.2. The van der Waals surface area contributed by atoms with Crippen LogP contribution in [0.4, 0.5) is 0 Å². The lowest BCUT2D eigenvalue weighted by Gasteiger charge is -2.12. The molecule has 0 saturated carbocycles. The van der Waals surface area contributed by atoms with E-state index in [0.29, 0.717) is 5.56 Å². The van der Waals surface area contributed by atoms with Gasteiger partial charge in [-0.2, -0.15) is 0 Å². The Morgan fingerprint density at radius 1 is 1.21 bits per heavy atom. The largest absolute Gasteiger partial charge is 0.481 e. The maximum absolute atomic E-state index is 11.1. The summed E-state index contributed by atoms with van der Waals surface area (Å²) in [6.45, 7) is 2.49. The van der Waals surface area contributed by atoms with E-state index in [9.17, 15) is 14.9 Å². The van der Waals surface area contributed by atoms with Crippen LogP contribution in [0, 0.1) is 17.0 Å². The number of nitrogens with zero attached hydrogens (tertiary/aromatic N) is 2. The van der Waals surface area contributed by atoms with Crippen molar-refractivity contribution in [2.24, 2.45) is 0 Å². The number of nitro groups is 1. The standard InChI is InChI=1S/C22H24N2O4/c1-16-14-23(11-5-8-17-6-3-2-4-7-17)21-12-18(9-10-20(16)21)19(13-22(25)26)15-24(27)28/h2-4,6-7,9-10,12,14,19H,5,8,11,13,15H2,1H3,(H,25,26). The molecule has 1 N–H and O–H groups in total. The molecule has 0 fully saturated rings. The summed E-state index contributed by atoms with van der Waals surface area (Å²) >= 11 is 0. The molecule has 3 aromatic rings. The third-order valence-electron chi connectivity index (χ3n) is 5.07. The zero-order valence-electron chi connectivity index (χ0n) is 15.9. The van der Waals surface area contributed by atoms with Gasteiger partial charge in [0.1, 0.15) is 0 Å². The first-order chi connectivity index (χ1) is 13.4. The number of hydrogen-bond donors (Lipinski definition) is 1. The van der Waals surface area contributed by atoms with E-state index in [1.54, 1.807) is 0 Å². The molecule has 1 unspecified atom stereocenters. The van der Waals surface area contributed by atoms with Crippen LogP contribution in [0.15, 0.2) is 54.7 Å². The van der Waals surface area contributed by atoms with Crippen LogP contribution in [-0.2, 0) is 17.8 Å². The monoisotopic (exact) mass is 380 g/mol. The molecule has 6 nitrogen and oxygen atoms in total. The number of hydrogen-bond acceptors (Lipinski definition) is 3. The molecule has 0 saturated heterocycles. The van der Waals surface area contributed by atoms with Crippen LogP contribution in [-0.4, -0.2) is 27.1 Å². The molecule has 1 heterocycles. The molecule has 0 aliphatic rings. The molecular weight excluding hydrogens is 356 g/mol. The third-order valence-corrected chi connectivity index (χ3v) is 5.07. The summed E-state index contributed by atoms with van der Waals surface area (Å²) in [4.78, 5) is 21.7. The van der Waals surface area contributed by atoms with Gasteiger partial charge >= 0.3 is 5.97 Å². The highest BCUT2D eigenvalue weighted by molar-refractivity contribution is 5.84. The number of carbonyl (C=O) groups is 1. The fourth-order valence-electron chi connectivity index (χ4n) is 3.71. The molecule has 0 aliphatic heterocycles. The van der Waals surface area contributed by atoms with Gasteiger partial charge in [-0.3, -0.25) is 14.9 Å². The summed E-state index contributed by atoms with van der Waals surface area (Å²) in [5.74, 6) is -1.66. The van der Waals surface area contributed by atoms with Crippen LogP contribution in [0.25, 0.3) is 10.9 Å². The van der Waals surface area contributed by atoms with E-state index in [-0.39, 0.29) is 13.0 Å². The number of aromatic nitrogens is 1. The van der Waals surface area contributed by atoms with E-state index in [4.69, 9.17) is 5.11 Å². The van der Waals surface area contributed by atoms with Crippen LogP contribution < -0.4 is 0 Å². The zero-order chi connectivity index (χ0) is 20.1. The smallest absolute Gasteiger partial charge is 0.304 e. The van der Waals surface area contributed by atoms with E-state index < -0.39 is 16.8 Å². The van der Waals surface area contributed by atoms with Crippen molar-refractivity contribution in [1.82, 2.24) is 4.57 Å². The molecule has 0 radical (unpaired) electrons. The van der Waals surface area contributed by atoms with Gasteiger partial charge in [0.25, 0.3) is 0 Å². The Morgan fingerprint density at radius 3 is 2.64 bits per heavy atom. The summed E-state index contributed by atoms with van der Waals surface area (Å²) in [5, 5.41) is 21.2. The summed E-state index contributed by atoms with van der Waals surface area (Å²) in [7, 11) is 0. The molecule has 0 bridgehead atoms. The first kappa shape index (κ1) is 19.6. The lowest BCUT2D eigenvalue weighted by Crippen LogP contribution is -2.16. The lowest BCUT2D eigenvalue weighted by molar-refractivity contribution is -0.483. The fourth-order valence-corrected chi connectivity index (χ4v) is 3.71. The van der Waals surface area contributed by atoms with Gasteiger partial charge < -0.3 is 9.67 Å². The molecule has 0 spiro atoms. The molecule has 0 aliphatic carbocycles. The van der Waals surface area contributed by atoms with E-state index >= 15 is 0 Å². The molecule has 1 atom stereocenters. The van der Waals surface area contributed by atoms with E-state index in [2.05, 4.69) is 22.9 Å². The van der Waals surface area contributed by atoms with Crippen LogP contribution >= 0.6 is 0 Å². The number of benzene rings is 2. The van der Waals surface area contributed by atoms with Gasteiger partial charge in [0.15, 0.2) is 0 Å². The number of carboxylic acid groups (broad SMARTS) is 1. The van der Waals surface area contributed by atoms with Crippen LogP contribution in [0.1, 0.15) is 35.4 Å². The van der Waals surface area contributed by atoms with E-state index in [1.165, 1.54) is 5.56 Å². The topological polar surface area (TPSA) is 85.4 Å². The molecular formula is C22H24N2O4. The SMILES string of the molecule is Cc1cn(CCCc2ccccc2)c2cc(C(CC(=O)O)C[N+](=O)[O-])ccc12. The third kappa shape index (κ3) is 4.76. The lowest BCUT2D eigenvalue weighted by atomic mass is 9.94. The van der Waals surface area contributed by atoms with Gasteiger partial charge in [-0.05, 0) is 42.5 Å². The number of aliphatic carboxylic acids is 1. The number of aryl methyl sites for hydroxylation is 3. The Hall–Kier alpha value is -3.15. The maximum Gasteiger partial charge on any atom is 0.304 e. The number of carboxylic acids is 1. The predicted molar refractivity (Wildman–Crippen MR) is 108 cm³/mol. The highest BCUT2D eigenvalue weighted by Crippen LogP contribution is 2.28. The molecule has 6 heteroatoms. The average Bonchev–Trinajstić information content (AvgIpc) is 2.97. The van der Waals surface area contributed by atoms with Gasteiger partial charge in [0.05, 0.1) is 12.3 Å². The Balaban J connectivity index is 1.84. The van der Waals surface area contributed by atoms with Crippen molar-refractivity contribution in [3.05, 3.63) is 81.5 Å². The minimum Gasteiger partial charge on any atom is -0.481 e. The quantitative estimate of drug-likeness (QED) is 0.440. The molecule has 0 amide bonds. The fraction of sp³-hybridized carbons (Fsp3) is 0.318.